The van der Waals surface area contributed by atoms with Crippen LogP contribution < -0.4 is 15.4 Å². The lowest BCUT2D eigenvalue weighted by atomic mass is 10.1. The van der Waals surface area contributed by atoms with E-state index in [0.717, 1.165) is 63.9 Å². The normalized spacial score (nSPS) is 16.3. The predicted molar refractivity (Wildman–Crippen MR) is 118 cm³/mol. The number of benzene rings is 1. The molecule has 3 rings (SSSR count). The first-order valence-corrected chi connectivity index (χ1v) is 10.8. The fourth-order valence-corrected chi connectivity index (χ4v) is 3.07. The van der Waals surface area contributed by atoms with Crippen LogP contribution in [-0.4, -0.2) is 50.5 Å². The summed E-state index contributed by atoms with van der Waals surface area (Å²) < 4.78 is 29.9. The molecule has 1 aromatic carbocycles. The molecule has 0 saturated carbocycles. The lowest BCUT2D eigenvalue weighted by molar-refractivity contribution is 0.0888. The van der Waals surface area contributed by atoms with Crippen LogP contribution in [0.15, 0.2) is 47.6 Å². The molecule has 2 aromatic rings. The Morgan fingerprint density at radius 1 is 1.29 bits per heavy atom. The average molecular weight is 431 g/mol. The van der Waals surface area contributed by atoms with Gasteiger partial charge in [-0.1, -0.05) is 12.1 Å². The van der Waals surface area contributed by atoms with Crippen LogP contribution in [0.4, 0.5) is 4.39 Å². The van der Waals surface area contributed by atoms with E-state index in [2.05, 4.69) is 20.6 Å². The van der Waals surface area contributed by atoms with Gasteiger partial charge in [-0.15, -0.1) is 0 Å². The lowest BCUT2D eigenvalue weighted by Gasteiger charge is -2.12. The third-order valence-electron chi connectivity index (χ3n) is 4.72. The summed E-state index contributed by atoms with van der Waals surface area (Å²) >= 11 is 0. The van der Waals surface area contributed by atoms with Crippen LogP contribution in [0.3, 0.4) is 0 Å². The van der Waals surface area contributed by atoms with Gasteiger partial charge >= 0.3 is 0 Å². The Labute approximate surface area is 183 Å². The summed E-state index contributed by atoms with van der Waals surface area (Å²) in [7, 11) is 0. The Bertz CT molecular complexity index is 811. The van der Waals surface area contributed by atoms with Gasteiger partial charge < -0.3 is 24.8 Å². The smallest absolute Gasteiger partial charge is 0.219 e. The molecule has 168 valence electrons. The molecular formula is C23H31FN4O3. The summed E-state index contributed by atoms with van der Waals surface area (Å²) in [6, 6.07) is 9.63. The second-order valence-electron chi connectivity index (χ2n) is 7.34. The molecule has 2 N–H and O–H groups in total. The summed E-state index contributed by atoms with van der Waals surface area (Å²) in [6.07, 6.45) is 3.72. The van der Waals surface area contributed by atoms with E-state index in [-0.39, 0.29) is 5.82 Å². The zero-order valence-corrected chi connectivity index (χ0v) is 18.0. The van der Waals surface area contributed by atoms with Crippen molar-refractivity contribution in [3.8, 4) is 11.6 Å². The number of guanidine groups is 1. The molecule has 1 fully saturated rings. The summed E-state index contributed by atoms with van der Waals surface area (Å²) in [5.74, 6) is 1.78. The van der Waals surface area contributed by atoms with Crippen molar-refractivity contribution in [3.05, 3.63) is 54.0 Å². The minimum atomic E-state index is -0.345. The Morgan fingerprint density at radius 3 is 2.97 bits per heavy atom. The highest BCUT2D eigenvalue weighted by atomic mass is 19.1. The van der Waals surface area contributed by atoms with Crippen molar-refractivity contribution in [1.82, 2.24) is 15.6 Å². The van der Waals surface area contributed by atoms with Gasteiger partial charge in [-0.2, -0.15) is 0 Å². The first kappa shape index (κ1) is 23.0. The van der Waals surface area contributed by atoms with E-state index in [1.54, 1.807) is 24.4 Å². The van der Waals surface area contributed by atoms with Crippen LogP contribution in [0.5, 0.6) is 11.6 Å². The van der Waals surface area contributed by atoms with Crippen LogP contribution >= 0.6 is 0 Å². The Hall–Kier alpha value is -2.71. The molecule has 1 aromatic heterocycles. The minimum absolute atomic E-state index is 0.345. The summed E-state index contributed by atoms with van der Waals surface area (Å²) in [4.78, 5) is 8.87. The average Bonchev–Trinajstić information content (AvgIpc) is 3.29. The summed E-state index contributed by atoms with van der Waals surface area (Å²) in [6.45, 7) is 7.26. The molecule has 31 heavy (non-hydrogen) atoms. The van der Waals surface area contributed by atoms with Crippen molar-refractivity contribution in [1.29, 1.82) is 0 Å². The van der Waals surface area contributed by atoms with Crippen LogP contribution in [0.2, 0.25) is 0 Å². The van der Waals surface area contributed by atoms with Crippen molar-refractivity contribution in [2.45, 2.75) is 26.3 Å². The fourth-order valence-electron chi connectivity index (χ4n) is 3.07. The zero-order valence-electron chi connectivity index (χ0n) is 18.0. The first-order chi connectivity index (χ1) is 15.2. The van der Waals surface area contributed by atoms with Gasteiger partial charge in [0, 0.05) is 50.6 Å². The van der Waals surface area contributed by atoms with Crippen molar-refractivity contribution >= 4 is 5.96 Å². The highest BCUT2D eigenvalue weighted by Gasteiger charge is 2.15. The fraction of sp³-hybridized carbons (Fsp3) is 0.478. The molecule has 0 bridgehead atoms. The number of nitrogens with zero attached hydrogens (tertiary/aromatic N) is 2. The van der Waals surface area contributed by atoms with Crippen molar-refractivity contribution in [2.75, 3.05) is 39.5 Å². The molecule has 0 aliphatic carbocycles. The lowest BCUT2D eigenvalue weighted by Crippen LogP contribution is -2.38. The van der Waals surface area contributed by atoms with Crippen molar-refractivity contribution in [3.63, 3.8) is 0 Å². The molecule has 0 amide bonds. The Balaban J connectivity index is 1.39. The number of ether oxygens (including phenoxy) is 3. The number of halogens is 1. The van der Waals surface area contributed by atoms with Crippen molar-refractivity contribution < 1.29 is 18.6 Å². The molecule has 1 aliphatic heterocycles. The maximum Gasteiger partial charge on any atom is 0.219 e. The van der Waals surface area contributed by atoms with Crippen LogP contribution in [0, 0.1) is 11.7 Å². The van der Waals surface area contributed by atoms with E-state index in [1.165, 1.54) is 12.1 Å². The third-order valence-corrected chi connectivity index (χ3v) is 4.72. The van der Waals surface area contributed by atoms with Gasteiger partial charge in [0.25, 0.3) is 0 Å². The van der Waals surface area contributed by atoms with Crippen molar-refractivity contribution in [2.24, 2.45) is 10.9 Å². The summed E-state index contributed by atoms with van der Waals surface area (Å²) in [5.41, 5.74) is 0.950. The number of aromatic nitrogens is 1. The second-order valence-corrected chi connectivity index (χ2v) is 7.34. The van der Waals surface area contributed by atoms with Crippen LogP contribution in [0.1, 0.15) is 25.3 Å². The number of aliphatic imine (C=N–C) groups is 1. The van der Waals surface area contributed by atoms with Gasteiger partial charge in [-0.3, -0.25) is 0 Å². The predicted octanol–water partition coefficient (Wildman–Crippen LogP) is 3.51. The first-order valence-electron chi connectivity index (χ1n) is 10.8. The van der Waals surface area contributed by atoms with E-state index < -0.39 is 0 Å². The van der Waals surface area contributed by atoms with Gasteiger partial charge in [0.2, 0.25) is 5.88 Å². The number of pyridine rings is 1. The van der Waals surface area contributed by atoms with Gasteiger partial charge in [-0.05, 0) is 37.5 Å². The third kappa shape index (κ3) is 8.51. The number of hydrogen-bond donors (Lipinski definition) is 2. The molecule has 2 heterocycles. The number of nitrogens with one attached hydrogen (secondary N) is 2. The van der Waals surface area contributed by atoms with E-state index in [1.807, 2.05) is 13.0 Å². The Morgan fingerprint density at radius 2 is 2.23 bits per heavy atom. The number of rotatable bonds is 11. The van der Waals surface area contributed by atoms with Gasteiger partial charge in [-0.25, -0.2) is 14.4 Å². The Kier molecular flexibility index (Phi) is 9.53. The zero-order chi connectivity index (χ0) is 21.7. The molecule has 1 atom stereocenters. The van der Waals surface area contributed by atoms with Crippen LogP contribution in [0.25, 0.3) is 0 Å². The maximum atomic E-state index is 13.2. The highest BCUT2D eigenvalue weighted by molar-refractivity contribution is 5.79. The van der Waals surface area contributed by atoms with E-state index in [4.69, 9.17) is 14.2 Å². The van der Waals surface area contributed by atoms with Crippen LogP contribution in [-0.2, 0) is 16.0 Å². The second kappa shape index (κ2) is 12.9. The van der Waals surface area contributed by atoms with E-state index in [9.17, 15) is 4.39 Å². The van der Waals surface area contributed by atoms with Gasteiger partial charge in [0.05, 0.1) is 19.8 Å². The molecule has 1 unspecified atom stereocenters. The molecule has 1 saturated heterocycles. The SMILES string of the molecule is CCNC(=NCc1ccc(Oc2cccc(F)c2)nc1)NCCCOCC1CCOC1. The molecule has 8 heteroatoms. The van der Waals surface area contributed by atoms with Gasteiger partial charge in [0.1, 0.15) is 11.6 Å². The summed E-state index contributed by atoms with van der Waals surface area (Å²) in [5, 5.41) is 6.56. The quantitative estimate of drug-likeness (QED) is 0.323. The largest absolute Gasteiger partial charge is 0.439 e. The highest BCUT2D eigenvalue weighted by Crippen LogP contribution is 2.20. The maximum absolute atomic E-state index is 13.2. The molecule has 1 aliphatic rings. The van der Waals surface area contributed by atoms with E-state index in [0.29, 0.717) is 24.1 Å². The molecule has 0 spiro atoms. The topological polar surface area (TPSA) is 77.0 Å². The minimum Gasteiger partial charge on any atom is -0.439 e. The molecule has 7 nitrogen and oxygen atoms in total. The molecule has 0 radical (unpaired) electrons. The number of hydrogen-bond acceptors (Lipinski definition) is 5. The van der Waals surface area contributed by atoms with E-state index >= 15 is 0 Å². The standard InChI is InChI=1S/C23H31FN4O3/c1-2-25-23(26-10-4-11-29-16-19-9-12-30-17-19)28-15-18-7-8-22(27-14-18)31-21-6-3-5-20(24)13-21/h3,5-8,13-14,19H,2,4,9-12,15-17H2,1H3,(H2,25,26,28). The van der Waals surface area contributed by atoms with Gasteiger partial charge in [0.15, 0.2) is 5.96 Å². The monoisotopic (exact) mass is 430 g/mol. The molecular weight excluding hydrogens is 399 g/mol.